The van der Waals surface area contributed by atoms with E-state index >= 15 is 0 Å². The summed E-state index contributed by atoms with van der Waals surface area (Å²) in [5.41, 5.74) is 3.63. The van der Waals surface area contributed by atoms with Gasteiger partial charge in [0.15, 0.2) is 16.4 Å². The molecule has 1 aromatic heterocycles. The molecule has 0 spiro atoms. The molecule has 8 heteroatoms. The largest absolute Gasteiger partial charge is 0.504 e. The number of hydrogen-bond acceptors (Lipinski definition) is 6. The Bertz CT molecular complexity index is 1790. The number of aromatic hydroxyl groups is 1. The number of hydrogen-bond donors (Lipinski definition) is 2. The first-order valence-electron chi connectivity index (χ1n) is 14.4. The third-order valence-electron chi connectivity index (χ3n) is 7.93. The molecule has 0 saturated heterocycles. The van der Waals surface area contributed by atoms with E-state index in [1.54, 1.807) is 30.1 Å². The Morgan fingerprint density at radius 1 is 1.00 bits per heavy atom. The number of benzene rings is 3. The predicted octanol–water partition coefficient (Wildman–Crippen LogP) is 6.98. The van der Waals surface area contributed by atoms with E-state index in [4.69, 9.17) is 0 Å². The topological polar surface area (TPSA) is 108 Å². The number of para-hydroxylation sites is 1. The van der Waals surface area contributed by atoms with Crippen LogP contribution in [0.2, 0.25) is 0 Å². The normalized spacial score (nSPS) is 13.2. The van der Waals surface area contributed by atoms with Crippen molar-refractivity contribution in [2.24, 2.45) is 5.92 Å². The second-order valence-electron chi connectivity index (χ2n) is 11.1. The maximum atomic E-state index is 13.9. The molecule has 0 radical (unpaired) electrons. The van der Waals surface area contributed by atoms with Crippen LogP contribution in [-0.4, -0.2) is 31.3 Å². The van der Waals surface area contributed by atoms with E-state index in [1.165, 1.54) is 12.1 Å². The smallest absolute Gasteiger partial charge is 0.271 e. The number of ketones is 1. The van der Waals surface area contributed by atoms with Crippen molar-refractivity contribution >= 4 is 27.0 Å². The molecule has 4 aromatic rings. The third kappa shape index (κ3) is 5.77. The van der Waals surface area contributed by atoms with E-state index in [0.29, 0.717) is 35.6 Å². The number of carbonyl (C=O) groups is 1. The number of carbonyl (C=O) groups excluding carboxylic acids is 1. The van der Waals surface area contributed by atoms with Gasteiger partial charge >= 0.3 is 0 Å². The van der Waals surface area contributed by atoms with Crippen molar-refractivity contribution in [3.63, 3.8) is 0 Å². The number of unbranched alkanes of at least 4 members (excludes halogenated alkanes) is 1. The van der Waals surface area contributed by atoms with Gasteiger partial charge < -0.3 is 15.0 Å². The molecule has 3 aromatic carbocycles. The Labute approximate surface area is 246 Å². The second kappa shape index (κ2) is 12.0. The summed E-state index contributed by atoms with van der Waals surface area (Å²) in [5.74, 6) is -0.0441. The number of nitrogens with one attached hydrogen (secondary N) is 1. The molecule has 0 aliphatic heterocycles. The molecule has 0 unspecified atom stereocenters. The molecule has 2 N–H and O–H groups in total. The van der Waals surface area contributed by atoms with Crippen LogP contribution in [0.3, 0.4) is 0 Å². The fraction of sp³-hybridized carbons (Fsp3) is 0.294. The minimum Gasteiger partial charge on any atom is -0.504 e. The van der Waals surface area contributed by atoms with Gasteiger partial charge in [0.1, 0.15) is 5.69 Å². The zero-order chi connectivity index (χ0) is 30.0. The van der Waals surface area contributed by atoms with Crippen LogP contribution < -0.4 is 10.5 Å². The fourth-order valence-electron chi connectivity index (χ4n) is 5.42. The maximum absolute atomic E-state index is 13.9. The molecule has 0 amide bonds. The summed E-state index contributed by atoms with van der Waals surface area (Å²) in [7, 11) is -2.66. The molecule has 42 heavy (non-hydrogen) atoms. The van der Waals surface area contributed by atoms with Gasteiger partial charge in [-0.1, -0.05) is 67.9 Å². The molecule has 1 saturated carbocycles. The summed E-state index contributed by atoms with van der Waals surface area (Å²) in [5, 5.41) is 11.5. The average Bonchev–Trinajstić information content (AvgIpc) is 3.80. The molecule has 7 nitrogen and oxygen atoms in total. The number of anilines is 2. The number of Topliss-reactive ketones (excluding diaryl/α,β-unsaturated/α-hetero) is 1. The van der Waals surface area contributed by atoms with Gasteiger partial charge in [0.2, 0.25) is 9.84 Å². The average molecular weight is 585 g/mol. The molecule has 0 bridgehead atoms. The monoisotopic (exact) mass is 584 g/mol. The molecule has 1 aliphatic carbocycles. The summed E-state index contributed by atoms with van der Waals surface area (Å²) in [6.45, 7) is 3.95. The van der Waals surface area contributed by atoms with Crippen molar-refractivity contribution in [1.82, 2.24) is 4.98 Å². The van der Waals surface area contributed by atoms with Crippen molar-refractivity contribution in [2.75, 3.05) is 11.9 Å². The first-order valence-corrected chi connectivity index (χ1v) is 15.9. The van der Waals surface area contributed by atoms with Crippen molar-refractivity contribution in [2.45, 2.75) is 62.2 Å². The van der Waals surface area contributed by atoms with Gasteiger partial charge in [0, 0.05) is 30.4 Å². The van der Waals surface area contributed by atoms with Crippen LogP contribution in [0.25, 0.3) is 11.1 Å². The second-order valence-corrected chi connectivity index (χ2v) is 12.9. The fourth-order valence-corrected chi connectivity index (χ4v) is 6.80. The summed E-state index contributed by atoms with van der Waals surface area (Å²) in [6, 6.07) is 21.0. The van der Waals surface area contributed by atoms with Crippen LogP contribution in [0.5, 0.6) is 5.75 Å². The predicted molar refractivity (Wildman–Crippen MR) is 166 cm³/mol. The van der Waals surface area contributed by atoms with Gasteiger partial charge in [0.25, 0.3) is 5.56 Å². The number of pyridine rings is 1. The van der Waals surface area contributed by atoms with Crippen LogP contribution in [0.15, 0.2) is 87.4 Å². The summed E-state index contributed by atoms with van der Waals surface area (Å²) >= 11 is 0. The van der Waals surface area contributed by atoms with E-state index in [1.807, 2.05) is 56.3 Å². The van der Waals surface area contributed by atoms with E-state index in [9.17, 15) is 23.1 Å². The Morgan fingerprint density at radius 2 is 1.67 bits per heavy atom. The first kappa shape index (κ1) is 29.3. The molecule has 1 aliphatic rings. The van der Waals surface area contributed by atoms with E-state index in [-0.39, 0.29) is 16.4 Å². The Morgan fingerprint density at radius 3 is 2.33 bits per heavy atom. The number of nitrogens with zero attached hydrogens (tertiary/aromatic N) is 1. The van der Waals surface area contributed by atoms with Crippen molar-refractivity contribution in [3.05, 3.63) is 100.0 Å². The minimum absolute atomic E-state index is 0.0784. The highest BCUT2D eigenvalue weighted by atomic mass is 32.2. The lowest BCUT2D eigenvalue weighted by molar-refractivity contribution is 0.0976. The molecular weight excluding hydrogens is 548 g/mol. The van der Waals surface area contributed by atoms with Crippen LogP contribution in [0.1, 0.15) is 60.6 Å². The molecule has 5 rings (SSSR count). The molecule has 1 fully saturated rings. The SMILES string of the molecule is CCCCc1[nH]c(=O)c(S(=O)(=O)c2ccc(-c3ccccc3C(=O)CC3CC3)cc2)c(O)c1N(C)c1ccccc1C. The standard InChI is InChI=1S/C34H36N2O5S/c1-4-5-13-28-31(36(3)29-14-9-6-10-22(29)2)32(38)33(34(39)35-28)42(40,41)25-19-17-24(18-20-25)26-11-7-8-12-27(26)30(37)21-23-15-16-23/h6-12,14,17-20,23H,4-5,13,15-16,21H2,1-3H3,(H2,35,38,39). The maximum Gasteiger partial charge on any atom is 0.271 e. The highest BCUT2D eigenvalue weighted by Gasteiger charge is 2.31. The Balaban J connectivity index is 1.56. The number of aryl methyl sites for hydroxylation is 2. The van der Waals surface area contributed by atoms with E-state index in [2.05, 4.69) is 4.98 Å². The van der Waals surface area contributed by atoms with Crippen LogP contribution >= 0.6 is 0 Å². The Kier molecular flexibility index (Phi) is 8.36. The first-order chi connectivity index (χ1) is 20.1. The number of rotatable bonds is 11. The van der Waals surface area contributed by atoms with Gasteiger partial charge in [-0.15, -0.1) is 0 Å². The van der Waals surface area contributed by atoms with Gasteiger partial charge in [-0.05, 0) is 73.4 Å². The lowest BCUT2D eigenvalue weighted by Gasteiger charge is -2.26. The summed E-state index contributed by atoms with van der Waals surface area (Å²) in [6.07, 6.45) is 4.75. The summed E-state index contributed by atoms with van der Waals surface area (Å²) in [4.78, 5) is 29.9. The van der Waals surface area contributed by atoms with E-state index < -0.39 is 26.0 Å². The quantitative estimate of drug-likeness (QED) is 0.184. The number of aromatic amines is 1. The van der Waals surface area contributed by atoms with Crippen LogP contribution in [0.4, 0.5) is 11.4 Å². The van der Waals surface area contributed by atoms with Crippen molar-refractivity contribution in [3.8, 4) is 16.9 Å². The number of sulfone groups is 1. The zero-order valence-electron chi connectivity index (χ0n) is 24.2. The van der Waals surface area contributed by atoms with Crippen molar-refractivity contribution < 1.29 is 18.3 Å². The van der Waals surface area contributed by atoms with E-state index in [0.717, 1.165) is 42.5 Å². The van der Waals surface area contributed by atoms with Gasteiger partial charge in [-0.2, -0.15) is 0 Å². The zero-order valence-corrected chi connectivity index (χ0v) is 25.0. The summed E-state index contributed by atoms with van der Waals surface area (Å²) < 4.78 is 27.8. The third-order valence-corrected chi connectivity index (χ3v) is 9.74. The molecular formula is C34H36N2O5S. The minimum atomic E-state index is -4.41. The molecule has 218 valence electrons. The lowest BCUT2D eigenvalue weighted by atomic mass is 9.95. The van der Waals surface area contributed by atoms with Gasteiger partial charge in [-0.3, -0.25) is 9.59 Å². The number of aromatic nitrogens is 1. The molecule has 0 atom stereocenters. The van der Waals surface area contributed by atoms with Gasteiger partial charge in [-0.25, -0.2) is 8.42 Å². The lowest BCUT2D eigenvalue weighted by Crippen LogP contribution is -2.24. The molecule has 1 heterocycles. The van der Waals surface area contributed by atoms with Crippen LogP contribution in [-0.2, 0) is 16.3 Å². The van der Waals surface area contributed by atoms with Crippen LogP contribution in [0, 0.1) is 12.8 Å². The number of H-pyrrole nitrogens is 1. The van der Waals surface area contributed by atoms with Crippen molar-refractivity contribution in [1.29, 1.82) is 0 Å². The highest BCUT2D eigenvalue weighted by Crippen LogP contribution is 2.41. The Hall–Kier alpha value is -4.17. The van der Waals surface area contributed by atoms with Gasteiger partial charge in [0.05, 0.1) is 4.90 Å². The highest BCUT2D eigenvalue weighted by molar-refractivity contribution is 7.91.